The first-order valence-electron chi connectivity index (χ1n) is 5.39. The molecule has 0 atom stereocenters. The van der Waals surface area contributed by atoms with E-state index in [1.807, 2.05) is 0 Å². The molecule has 0 unspecified atom stereocenters. The zero-order valence-electron chi connectivity index (χ0n) is 8.77. The second kappa shape index (κ2) is 3.81. The fourth-order valence-electron chi connectivity index (χ4n) is 1.74. The number of hydrogen-bond acceptors (Lipinski definition) is 2. The molecule has 7 heteroatoms. The van der Waals surface area contributed by atoms with Gasteiger partial charge in [-0.1, -0.05) is 0 Å². The standard InChI is InChI=1S/C10H11F5O2/c11-9(12,10(13,14)15)8(16)17-7(5-1-2-5)6-3-4-6/h5-7H,1-4H2. The molecule has 0 aromatic carbocycles. The molecule has 0 N–H and O–H groups in total. The van der Waals surface area contributed by atoms with Crippen molar-refractivity contribution in [2.75, 3.05) is 0 Å². The summed E-state index contributed by atoms with van der Waals surface area (Å²) in [5, 5.41) is 0. The molecule has 0 heterocycles. The van der Waals surface area contributed by atoms with Crippen molar-refractivity contribution in [3.8, 4) is 0 Å². The Kier molecular flexibility index (Phi) is 2.82. The third kappa shape index (κ3) is 2.52. The minimum Gasteiger partial charge on any atom is -0.457 e. The topological polar surface area (TPSA) is 26.3 Å². The zero-order chi connectivity index (χ0) is 12.8. The Hall–Kier alpha value is -0.880. The highest BCUT2D eigenvalue weighted by atomic mass is 19.4. The summed E-state index contributed by atoms with van der Waals surface area (Å²) in [7, 11) is 0. The van der Waals surface area contributed by atoms with Gasteiger partial charge in [0.15, 0.2) is 0 Å². The molecule has 2 aliphatic carbocycles. The van der Waals surface area contributed by atoms with Gasteiger partial charge < -0.3 is 4.74 Å². The molecule has 2 saturated carbocycles. The molecule has 2 fully saturated rings. The number of hydrogen-bond donors (Lipinski definition) is 0. The second-order valence-electron chi connectivity index (χ2n) is 4.62. The summed E-state index contributed by atoms with van der Waals surface area (Å²) in [5.74, 6) is -7.94. The van der Waals surface area contributed by atoms with Gasteiger partial charge in [0, 0.05) is 0 Å². The van der Waals surface area contributed by atoms with E-state index in [0.29, 0.717) is 0 Å². The van der Waals surface area contributed by atoms with Crippen LogP contribution < -0.4 is 0 Å². The molecule has 0 saturated heterocycles. The number of alkyl halides is 5. The van der Waals surface area contributed by atoms with Gasteiger partial charge in [0.25, 0.3) is 0 Å². The van der Waals surface area contributed by atoms with Crippen molar-refractivity contribution in [3.63, 3.8) is 0 Å². The van der Waals surface area contributed by atoms with Crippen molar-refractivity contribution >= 4 is 5.97 Å². The van der Waals surface area contributed by atoms with Gasteiger partial charge in [0.2, 0.25) is 0 Å². The molecule has 0 aromatic heterocycles. The van der Waals surface area contributed by atoms with Crippen LogP contribution in [0.15, 0.2) is 0 Å². The highest BCUT2D eigenvalue weighted by Crippen LogP contribution is 2.47. The maximum absolute atomic E-state index is 12.7. The minimum atomic E-state index is -5.89. The van der Waals surface area contributed by atoms with Crippen LogP contribution in [0.2, 0.25) is 0 Å². The average molecular weight is 258 g/mol. The maximum Gasteiger partial charge on any atom is 0.465 e. The number of rotatable bonds is 4. The summed E-state index contributed by atoms with van der Waals surface area (Å²) >= 11 is 0. The van der Waals surface area contributed by atoms with Crippen LogP contribution in [-0.4, -0.2) is 24.2 Å². The molecule has 2 aliphatic rings. The Labute approximate surface area is 94.1 Å². The van der Waals surface area contributed by atoms with E-state index in [1.165, 1.54) is 0 Å². The lowest BCUT2D eigenvalue weighted by Gasteiger charge is -2.22. The highest BCUT2D eigenvalue weighted by molar-refractivity contribution is 5.78. The molecule has 0 spiro atoms. The van der Waals surface area contributed by atoms with Gasteiger partial charge in [0.05, 0.1) is 0 Å². The lowest BCUT2D eigenvalue weighted by atomic mass is 10.1. The number of esters is 1. The zero-order valence-corrected chi connectivity index (χ0v) is 8.77. The number of ether oxygens (including phenoxy) is 1. The Bertz CT molecular complexity index is 305. The van der Waals surface area contributed by atoms with Crippen LogP contribution >= 0.6 is 0 Å². The minimum absolute atomic E-state index is 0.0320. The van der Waals surface area contributed by atoms with E-state index in [9.17, 15) is 26.7 Å². The van der Waals surface area contributed by atoms with Crippen molar-refractivity contribution in [1.82, 2.24) is 0 Å². The van der Waals surface area contributed by atoms with Gasteiger partial charge in [-0.05, 0) is 37.5 Å². The summed E-state index contributed by atoms with van der Waals surface area (Å²) in [5.41, 5.74) is 0. The number of carbonyl (C=O) groups is 1. The third-order valence-electron chi connectivity index (χ3n) is 3.03. The molecule has 0 aromatic rings. The lowest BCUT2D eigenvalue weighted by molar-refractivity contribution is -0.283. The normalized spacial score (nSPS) is 21.8. The van der Waals surface area contributed by atoms with E-state index >= 15 is 0 Å². The third-order valence-corrected chi connectivity index (χ3v) is 3.03. The van der Waals surface area contributed by atoms with Crippen LogP contribution in [0.5, 0.6) is 0 Å². The first kappa shape index (κ1) is 12.6. The molecule has 2 nitrogen and oxygen atoms in total. The van der Waals surface area contributed by atoms with Crippen LogP contribution in [0.3, 0.4) is 0 Å². The Morgan fingerprint density at radius 1 is 1.00 bits per heavy atom. The van der Waals surface area contributed by atoms with Crippen LogP contribution in [0.1, 0.15) is 25.7 Å². The van der Waals surface area contributed by atoms with E-state index in [1.54, 1.807) is 0 Å². The van der Waals surface area contributed by atoms with E-state index < -0.39 is 24.2 Å². The van der Waals surface area contributed by atoms with Gasteiger partial charge in [-0.25, -0.2) is 4.79 Å². The van der Waals surface area contributed by atoms with Gasteiger partial charge >= 0.3 is 18.1 Å². The largest absolute Gasteiger partial charge is 0.465 e. The van der Waals surface area contributed by atoms with Crippen molar-refractivity contribution in [2.24, 2.45) is 11.8 Å². The van der Waals surface area contributed by atoms with Crippen molar-refractivity contribution in [1.29, 1.82) is 0 Å². The smallest absolute Gasteiger partial charge is 0.457 e. The lowest BCUT2D eigenvalue weighted by Crippen LogP contribution is -2.46. The Balaban J connectivity index is 1.99. The second-order valence-corrected chi connectivity index (χ2v) is 4.62. The SMILES string of the molecule is O=C(OC(C1CC1)C1CC1)C(F)(F)C(F)(F)F. The summed E-state index contributed by atoms with van der Waals surface area (Å²) in [6, 6.07) is 0. The summed E-state index contributed by atoms with van der Waals surface area (Å²) < 4.78 is 65.4. The number of halogens is 5. The van der Waals surface area contributed by atoms with E-state index in [-0.39, 0.29) is 11.8 Å². The van der Waals surface area contributed by atoms with Crippen molar-refractivity contribution in [2.45, 2.75) is 43.9 Å². The van der Waals surface area contributed by atoms with Gasteiger partial charge in [-0.2, -0.15) is 22.0 Å². The predicted octanol–water partition coefficient (Wildman–Crippen LogP) is 2.92. The Morgan fingerprint density at radius 2 is 1.41 bits per heavy atom. The molecule has 0 radical (unpaired) electrons. The highest BCUT2D eigenvalue weighted by Gasteiger charge is 2.65. The van der Waals surface area contributed by atoms with Gasteiger partial charge in [-0.15, -0.1) is 0 Å². The monoisotopic (exact) mass is 258 g/mol. The number of carbonyl (C=O) groups excluding carboxylic acids is 1. The van der Waals surface area contributed by atoms with Crippen LogP contribution in [-0.2, 0) is 9.53 Å². The fraction of sp³-hybridized carbons (Fsp3) is 0.900. The molecule has 98 valence electrons. The summed E-state index contributed by atoms with van der Waals surface area (Å²) in [6.07, 6.45) is -3.73. The molecule has 0 amide bonds. The first-order valence-corrected chi connectivity index (χ1v) is 5.39. The van der Waals surface area contributed by atoms with E-state index in [0.717, 1.165) is 25.7 Å². The molecule has 0 bridgehead atoms. The summed E-state index contributed by atoms with van der Waals surface area (Å²) in [4.78, 5) is 10.9. The molecular formula is C10H11F5O2. The quantitative estimate of drug-likeness (QED) is 0.572. The maximum atomic E-state index is 12.7. The first-order chi connectivity index (χ1) is 7.73. The summed E-state index contributed by atoms with van der Waals surface area (Å²) in [6.45, 7) is 0. The fourth-order valence-corrected chi connectivity index (χ4v) is 1.74. The average Bonchev–Trinajstić information content (AvgIpc) is 3.02. The van der Waals surface area contributed by atoms with Crippen LogP contribution in [0.4, 0.5) is 22.0 Å². The molecule has 0 aliphatic heterocycles. The van der Waals surface area contributed by atoms with Crippen molar-refractivity contribution < 1.29 is 31.5 Å². The van der Waals surface area contributed by atoms with E-state index in [2.05, 4.69) is 4.74 Å². The molecule has 17 heavy (non-hydrogen) atoms. The molecule has 2 rings (SSSR count). The van der Waals surface area contributed by atoms with E-state index in [4.69, 9.17) is 0 Å². The van der Waals surface area contributed by atoms with Gasteiger partial charge in [-0.3, -0.25) is 0 Å². The molecular weight excluding hydrogens is 247 g/mol. The predicted molar refractivity (Wildman–Crippen MR) is 46.3 cm³/mol. The van der Waals surface area contributed by atoms with Crippen molar-refractivity contribution in [3.05, 3.63) is 0 Å². The van der Waals surface area contributed by atoms with Crippen LogP contribution in [0, 0.1) is 11.8 Å². The Morgan fingerprint density at radius 3 is 1.71 bits per heavy atom. The van der Waals surface area contributed by atoms with Crippen LogP contribution in [0.25, 0.3) is 0 Å². The van der Waals surface area contributed by atoms with Gasteiger partial charge in [0.1, 0.15) is 6.10 Å².